The third-order valence-corrected chi connectivity index (χ3v) is 3.83. The Kier molecular flexibility index (Phi) is 4.47. The second kappa shape index (κ2) is 6.72. The molecule has 3 rings (SSSR count). The molecule has 0 atom stereocenters. The largest absolute Gasteiger partial charge is 0.502 e. The fourth-order valence-electron chi connectivity index (χ4n) is 2.57. The topological polar surface area (TPSA) is 76.6 Å². The maximum Gasteiger partial charge on any atom is 0.194 e. The number of hydrogen-bond acceptors (Lipinski definition) is 5. The number of halogens is 1. The average Bonchev–Trinajstić information content (AvgIpc) is 3.13. The maximum atomic E-state index is 14.6. The number of hydrogen-bond donors (Lipinski definition) is 2. The molecule has 6 nitrogen and oxygen atoms in total. The van der Waals surface area contributed by atoms with Crippen LogP contribution in [-0.4, -0.2) is 36.4 Å². The smallest absolute Gasteiger partial charge is 0.194 e. The molecule has 0 amide bonds. The molecule has 0 aliphatic rings. The van der Waals surface area contributed by atoms with E-state index < -0.39 is 11.6 Å². The van der Waals surface area contributed by atoms with E-state index in [0.29, 0.717) is 28.5 Å². The number of nitrogens with zero attached hydrogens (tertiary/aromatic N) is 1. The Bertz CT molecular complexity index is 886. The van der Waals surface area contributed by atoms with Gasteiger partial charge in [0, 0.05) is 17.2 Å². The van der Waals surface area contributed by atoms with Gasteiger partial charge in [-0.05, 0) is 24.3 Å². The first-order valence-electron chi connectivity index (χ1n) is 7.41. The van der Waals surface area contributed by atoms with E-state index in [-0.39, 0.29) is 11.3 Å². The summed E-state index contributed by atoms with van der Waals surface area (Å²) in [5, 5.41) is 9.93. The number of rotatable bonds is 5. The molecule has 2 aromatic carbocycles. The highest BCUT2D eigenvalue weighted by Gasteiger charge is 2.20. The van der Waals surface area contributed by atoms with Crippen LogP contribution in [0, 0.1) is 5.82 Å². The molecule has 0 radical (unpaired) electrons. The molecule has 2 N–H and O–H groups in total. The van der Waals surface area contributed by atoms with Gasteiger partial charge in [0.05, 0.1) is 39.0 Å². The van der Waals surface area contributed by atoms with Crippen LogP contribution in [0.3, 0.4) is 0 Å². The lowest BCUT2D eigenvalue weighted by Crippen LogP contribution is -1.93. The van der Waals surface area contributed by atoms with E-state index in [1.54, 1.807) is 32.4 Å². The number of imidazole rings is 1. The van der Waals surface area contributed by atoms with Gasteiger partial charge in [0.15, 0.2) is 17.3 Å². The van der Waals surface area contributed by atoms with Crippen molar-refractivity contribution in [2.75, 3.05) is 21.3 Å². The van der Waals surface area contributed by atoms with Gasteiger partial charge in [-0.2, -0.15) is 0 Å². The third kappa shape index (κ3) is 2.96. The van der Waals surface area contributed by atoms with Crippen molar-refractivity contribution in [3.8, 4) is 45.5 Å². The van der Waals surface area contributed by atoms with Gasteiger partial charge in [-0.25, -0.2) is 9.37 Å². The molecule has 0 fully saturated rings. The summed E-state index contributed by atoms with van der Waals surface area (Å²) >= 11 is 0. The van der Waals surface area contributed by atoms with Crippen molar-refractivity contribution in [3.63, 3.8) is 0 Å². The quantitative estimate of drug-likeness (QED) is 0.739. The molecule has 130 valence electrons. The zero-order valence-electron chi connectivity index (χ0n) is 14.0. The number of nitrogens with one attached hydrogen (secondary N) is 1. The van der Waals surface area contributed by atoms with Crippen molar-refractivity contribution in [3.05, 3.63) is 42.5 Å². The SMILES string of the molecule is COc1cc(OC)cc(-c2nc[nH]c2-c2ccc(OC)c(O)c2F)c1. The van der Waals surface area contributed by atoms with Crippen LogP contribution in [0.4, 0.5) is 4.39 Å². The van der Waals surface area contributed by atoms with Gasteiger partial charge in [0.1, 0.15) is 11.5 Å². The number of H-pyrrole nitrogens is 1. The Morgan fingerprint density at radius 2 is 1.68 bits per heavy atom. The number of benzene rings is 2. The molecule has 0 spiro atoms. The zero-order valence-corrected chi connectivity index (χ0v) is 14.0. The van der Waals surface area contributed by atoms with Crippen LogP contribution < -0.4 is 14.2 Å². The van der Waals surface area contributed by atoms with E-state index in [1.807, 2.05) is 0 Å². The monoisotopic (exact) mass is 344 g/mol. The van der Waals surface area contributed by atoms with Crippen LogP contribution in [0.15, 0.2) is 36.7 Å². The molecule has 0 saturated carbocycles. The summed E-state index contributed by atoms with van der Waals surface area (Å²) < 4.78 is 30.0. The number of methoxy groups -OCH3 is 3. The lowest BCUT2D eigenvalue weighted by molar-refractivity contribution is 0.357. The number of phenolic OH excluding ortho intramolecular Hbond substituents is 1. The second-order valence-electron chi connectivity index (χ2n) is 5.21. The fourth-order valence-corrected chi connectivity index (χ4v) is 2.57. The van der Waals surface area contributed by atoms with Gasteiger partial charge in [0.2, 0.25) is 0 Å². The highest BCUT2D eigenvalue weighted by Crippen LogP contribution is 2.39. The van der Waals surface area contributed by atoms with Crippen LogP contribution in [0.25, 0.3) is 22.5 Å². The fraction of sp³-hybridized carbons (Fsp3) is 0.167. The van der Waals surface area contributed by atoms with Crippen LogP contribution in [0.1, 0.15) is 0 Å². The number of phenols is 1. The van der Waals surface area contributed by atoms with Gasteiger partial charge >= 0.3 is 0 Å². The number of ether oxygens (including phenoxy) is 3. The first kappa shape index (κ1) is 16.6. The first-order valence-corrected chi connectivity index (χ1v) is 7.41. The van der Waals surface area contributed by atoms with E-state index in [1.165, 1.54) is 25.6 Å². The molecule has 3 aromatic rings. The number of aromatic amines is 1. The average molecular weight is 344 g/mol. The lowest BCUT2D eigenvalue weighted by atomic mass is 10.0. The Morgan fingerprint density at radius 1 is 1.00 bits per heavy atom. The maximum absolute atomic E-state index is 14.6. The predicted octanol–water partition coefficient (Wildman–Crippen LogP) is 3.61. The van der Waals surface area contributed by atoms with Crippen LogP contribution in [0.2, 0.25) is 0 Å². The number of aromatic nitrogens is 2. The molecular weight excluding hydrogens is 327 g/mol. The summed E-state index contributed by atoms with van der Waals surface area (Å²) in [6, 6.07) is 8.27. The van der Waals surface area contributed by atoms with E-state index in [0.717, 1.165) is 0 Å². The molecule has 0 aliphatic carbocycles. The minimum atomic E-state index is -0.792. The van der Waals surface area contributed by atoms with Crippen LogP contribution >= 0.6 is 0 Å². The van der Waals surface area contributed by atoms with E-state index >= 15 is 0 Å². The third-order valence-electron chi connectivity index (χ3n) is 3.83. The zero-order chi connectivity index (χ0) is 18.0. The van der Waals surface area contributed by atoms with Crippen LogP contribution in [-0.2, 0) is 0 Å². The van der Waals surface area contributed by atoms with Crippen molar-refractivity contribution in [1.29, 1.82) is 0 Å². The molecule has 0 unspecified atom stereocenters. The van der Waals surface area contributed by atoms with E-state index in [9.17, 15) is 9.50 Å². The summed E-state index contributed by atoms with van der Waals surface area (Å²) in [4.78, 5) is 7.20. The molecular formula is C18H17FN2O4. The van der Waals surface area contributed by atoms with Gasteiger partial charge in [-0.3, -0.25) is 0 Å². The van der Waals surface area contributed by atoms with E-state index in [2.05, 4.69) is 9.97 Å². The van der Waals surface area contributed by atoms with Crippen molar-refractivity contribution in [2.45, 2.75) is 0 Å². The van der Waals surface area contributed by atoms with Gasteiger partial charge in [-0.1, -0.05) is 0 Å². The van der Waals surface area contributed by atoms with Crippen molar-refractivity contribution in [1.82, 2.24) is 9.97 Å². The number of aromatic hydroxyl groups is 1. The summed E-state index contributed by atoms with van der Waals surface area (Å²) in [5.74, 6) is -0.114. The Hall–Kier alpha value is -3.22. The molecule has 0 bridgehead atoms. The molecule has 7 heteroatoms. The molecule has 1 aromatic heterocycles. The molecule has 0 saturated heterocycles. The predicted molar refractivity (Wildman–Crippen MR) is 90.7 cm³/mol. The standard InChI is InChI=1S/C18H17FN2O4/c1-23-11-6-10(7-12(8-11)24-2)16-17(21-9-20-16)13-4-5-14(25-3)18(22)15(13)19/h4-9,22H,1-3H3,(H,20,21). The lowest BCUT2D eigenvalue weighted by Gasteiger charge is -2.11. The van der Waals surface area contributed by atoms with Crippen molar-refractivity contribution < 1.29 is 23.7 Å². The van der Waals surface area contributed by atoms with Crippen LogP contribution in [0.5, 0.6) is 23.0 Å². The first-order chi connectivity index (χ1) is 12.1. The Labute approximate surface area is 143 Å². The summed E-state index contributed by atoms with van der Waals surface area (Å²) in [7, 11) is 4.45. The minimum Gasteiger partial charge on any atom is -0.502 e. The highest BCUT2D eigenvalue weighted by molar-refractivity contribution is 5.80. The summed E-state index contributed by atoms with van der Waals surface area (Å²) in [6.45, 7) is 0. The summed E-state index contributed by atoms with van der Waals surface area (Å²) in [5.41, 5.74) is 1.78. The summed E-state index contributed by atoms with van der Waals surface area (Å²) in [6.07, 6.45) is 1.46. The normalized spacial score (nSPS) is 10.6. The van der Waals surface area contributed by atoms with Crippen molar-refractivity contribution >= 4 is 0 Å². The van der Waals surface area contributed by atoms with Gasteiger partial charge < -0.3 is 24.3 Å². The van der Waals surface area contributed by atoms with Crippen molar-refractivity contribution in [2.24, 2.45) is 0 Å². The van der Waals surface area contributed by atoms with Gasteiger partial charge in [0.25, 0.3) is 0 Å². The molecule has 25 heavy (non-hydrogen) atoms. The second-order valence-corrected chi connectivity index (χ2v) is 5.21. The molecule has 1 heterocycles. The van der Waals surface area contributed by atoms with E-state index in [4.69, 9.17) is 14.2 Å². The highest BCUT2D eigenvalue weighted by atomic mass is 19.1. The Morgan fingerprint density at radius 3 is 2.28 bits per heavy atom. The van der Waals surface area contributed by atoms with Gasteiger partial charge in [-0.15, -0.1) is 0 Å². The Balaban J connectivity index is 2.15. The minimum absolute atomic E-state index is 0.0605. The molecule has 0 aliphatic heterocycles.